The van der Waals surface area contributed by atoms with Gasteiger partial charge in [-0.2, -0.15) is 0 Å². The molecule has 2 aromatic rings. The van der Waals surface area contributed by atoms with Crippen LogP contribution in [0.3, 0.4) is 0 Å². The van der Waals surface area contributed by atoms with Crippen molar-refractivity contribution in [3.05, 3.63) is 53.1 Å². The fourth-order valence-electron chi connectivity index (χ4n) is 2.62. The number of carbonyl (C=O) groups excluding carboxylic acids is 2. The second-order valence-corrected chi connectivity index (χ2v) is 8.20. The van der Waals surface area contributed by atoms with Gasteiger partial charge >= 0.3 is 5.97 Å². The molecular weight excluding hydrogens is 408 g/mol. The van der Waals surface area contributed by atoms with Crippen LogP contribution in [0.15, 0.2) is 47.4 Å². The number of fused-ring (bicyclic) bond motifs is 1. The standard InChI is InChI=1S/C18H17ClN2O6S/c1-10(17(22)21-13-3-5-14(6-4-13)28(20,24)25)26-18(23)16-9-11-8-12(19)2-7-15(11)27-16/h2-8,10,16H,9H2,1H3,(H,21,22)(H2,20,24,25)/t10-,16+/m0/s1. The van der Waals surface area contributed by atoms with E-state index >= 15 is 0 Å². The van der Waals surface area contributed by atoms with Gasteiger partial charge in [-0.25, -0.2) is 18.4 Å². The number of esters is 1. The Kier molecular flexibility index (Phi) is 5.59. The number of hydrogen-bond donors (Lipinski definition) is 2. The van der Waals surface area contributed by atoms with Crippen LogP contribution in [-0.4, -0.2) is 32.5 Å². The molecule has 148 valence electrons. The Morgan fingerprint density at radius 3 is 2.57 bits per heavy atom. The lowest BCUT2D eigenvalue weighted by molar-refractivity contribution is -0.159. The molecule has 0 saturated carbocycles. The molecule has 10 heteroatoms. The number of rotatable bonds is 5. The highest BCUT2D eigenvalue weighted by molar-refractivity contribution is 7.89. The number of carbonyl (C=O) groups is 2. The number of sulfonamides is 1. The van der Waals surface area contributed by atoms with Gasteiger partial charge in [0.05, 0.1) is 4.90 Å². The number of nitrogens with one attached hydrogen (secondary N) is 1. The van der Waals surface area contributed by atoms with Gasteiger partial charge in [0.1, 0.15) is 5.75 Å². The van der Waals surface area contributed by atoms with Gasteiger partial charge in [-0.3, -0.25) is 4.79 Å². The molecule has 0 unspecified atom stereocenters. The SMILES string of the molecule is C[C@H](OC(=O)[C@H]1Cc2cc(Cl)ccc2O1)C(=O)Nc1ccc(S(N)(=O)=O)cc1. The molecule has 2 aromatic carbocycles. The fraction of sp³-hybridized carbons (Fsp3) is 0.222. The Morgan fingerprint density at radius 1 is 1.25 bits per heavy atom. The molecule has 0 aromatic heterocycles. The number of amides is 1. The van der Waals surface area contributed by atoms with Gasteiger partial charge in [-0.05, 0) is 55.0 Å². The van der Waals surface area contributed by atoms with Crippen LogP contribution in [0, 0.1) is 0 Å². The predicted molar refractivity (Wildman–Crippen MR) is 102 cm³/mol. The molecule has 1 aliphatic heterocycles. The minimum atomic E-state index is -3.82. The zero-order valence-electron chi connectivity index (χ0n) is 14.7. The van der Waals surface area contributed by atoms with Crippen molar-refractivity contribution in [2.75, 3.05) is 5.32 Å². The number of benzene rings is 2. The van der Waals surface area contributed by atoms with Crippen LogP contribution in [0.5, 0.6) is 5.75 Å². The molecule has 1 aliphatic rings. The Hall–Kier alpha value is -2.62. The lowest BCUT2D eigenvalue weighted by Crippen LogP contribution is -2.35. The van der Waals surface area contributed by atoms with Crippen LogP contribution in [0.1, 0.15) is 12.5 Å². The molecule has 28 heavy (non-hydrogen) atoms. The molecule has 1 heterocycles. The first-order valence-corrected chi connectivity index (χ1v) is 10.2. The second kappa shape index (κ2) is 7.78. The van der Waals surface area contributed by atoms with E-state index in [1.165, 1.54) is 31.2 Å². The maximum Gasteiger partial charge on any atom is 0.348 e. The first-order valence-electron chi connectivity index (χ1n) is 8.23. The molecule has 3 N–H and O–H groups in total. The lowest BCUT2D eigenvalue weighted by atomic mass is 10.1. The van der Waals surface area contributed by atoms with Gasteiger partial charge in [0.15, 0.2) is 12.2 Å². The fourth-order valence-corrected chi connectivity index (χ4v) is 3.33. The van der Waals surface area contributed by atoms with Gasteiger partial charge in [-0.1, -0.05) is 11.6 Å². The summed E-state index contributed by atoms with van der Waals surface area (Å²) in [6.45, 7) is 1.42. The second-order valence-electron chi connectivity index (χ2n) is 6.20. The van der Waals surface area contributed by atoms with Crippen molar-refractivity contribution in [2.24, 2.45) is 5.14 Å². The molecule has 0 radical (unpaired) electrons. The molecule has 3 rings (SSSR count). The summed E-state index contributed by atoms with van der Waals surface area (Å²) >= 11 is 5.92. The minimum absolute atomic E-state index is 0.0805. The molecule has 0 saturated heterocycles. The van der Waals surface area contributed by atoms with Gasteiger partial charge in [0.25, 0.3) is 5.91 Å². The largest absolute Gasteiger partial charge is 0.478 e. The van der Waals surface area contributed by atoms with E-state index in [1.54, 1.807) is 18.2 Å². The van der Waals surface area contributed by atoms with Crippen molar-refractivity contribution < 1.29 is 27.5 Å². The highest BCUT2D eigenvalue weighted by atomic mass is 35.5. The summed E-state index contributed by atoms with van der Waals surface area (Å²) in [5.74, 6) is -0.687. The number of primary sulfonamides is 1. The highest BCUT2D eigenvalue weighted by Crippen LogP contribution is 2.31. The molecule has 8 nitrogen and oxygen atoms in total. The summed E-state index contributed by atoms with van der Waals surface area (Å²) in [5.41, 5.74) is 1.13. The Bertz CT molecular complexity index is 1020. The van der Waals surface area contributed by atoms with Crippen LogP contribution in [0.2, 0.25) is 5.02 Å². The first-order chi connectivity index (χ1) is 13.1. The number of hydrogen-bond acceptors (Lipinski definition) is 6. The molecule has 0 aliphatic carbocycles. The molecule has 0 fully saturated rings. The summed E-state index contributed by atoms with van der Waals surface area (Å²) in [6, 6.07) is 10.3. The third kappa shape index (κ3) is 4.61. The lowest BCUT2D eigenvalue weighted by Gasteiger charge is -2.16. The summed E-state index contributed by atoms with van der Waals surface area (Å²) in [6.07, 6.45) is -1.63. The van der Waals surface area contributed by atoms with E-state index in [0.717, 1.165) is 5.56 Å². The van der Waals surface area contributed by atoms with Crippen molar-refractivity contribution in [1.82, 2.24) is 0 Å². The summed E-state index contributed by atoms with van der Waals surface area (Å²) < 4.78 is 33.2. The molecule has 0 bridgehead atoms. The van der Waals surface area contributed by atoms with Gasteiger partial charge in [0, 0.05) is 17.1 Å². The predicted octanol–water partition coefficient (Wildman–Crippen LogP) is 1.86. The monoisotopic (exact) mass is 424 g/mol. The van der Waals surface area contributed by atoms with E-state index in [0.29, 0.717) is 22.9 Å². The maximum atomic E-state index is 12.3. The number of anilines is 1. The van der Waals surface area contributed by atoms with Crippen molar-refractivity contribution in [2.45, 2.75) is 30.4 Å². The van der Waals surface area contributed by atoms with E-state index < -0.39 is 34.1 Å². The number of ether oxygens (including phenoxy) is 2. The van der Waals surface area contributed by atoms with E-state index in [-0.39, 0.29) is 4.90 Å². The summed E-state index contributed by atoms with van der Waals surface area (Å²) in [7, 11) is -3.82. The number of halogens is 1. The van der Waals surface area contributed by atoms with Crippen LogP contribution in [0.4, 0.5) is 5.69 Å². The average molecular weight is 425 g/mol. The van der Waals surface area contributed by atoms with E-state index in [2.05, 4.69) is 5.32 Å². The van der Waals surface area contributed by atoms with Gasteiger partial charge < -0.3 is 14.8 Å². The average Bonchev–Trinajstić information content (AvgIpc) is 3.04. The Morgan fingerprint density at radius 2 is 1.93 bits per heavy atom. The van der Waals surface area contributed by atoms with Crippen LogP contribution < -0.4 is 15.2 Å². The topological polar surface area (TPSA) is 125 Å². The zero-order chi connectivity index (χ0) is 20.5. The van der Waals surface area contributed by atoms with Crippen LogP contribution in [0.25, 0.3) is 0 Å². The van der Waals surface area contributed by atoms with Crippen molar-refractivity contribution in [3.63, 3.8) is 0 Å². The van der Waals surface area contributed by atoms with E-state index in [1.807, 2.05) is 0 Å². The summed E-state index contributed by atoms with van der Waals surface area (Å²) in [4.78, 5) is 24.4. The smallest absolute Gasteiger partial charge is 0.348 e. The normalized spacial score (nSPS) is 16.6. The quantitative estimate of drug-likeness (QED) is 0.706. The third-order valence-electron chi connectivity index (χ3n) is 4.07. The highest BCUT2D eigenvalue weighted by Gasteiger charge is 2.32. The molecule has 0 spiro atoms. The van der Waals surface area contributed by atoms with E-state index in [9.17, 15) is 18.0 Å². The first kappa shape index (κ1) is 20.1. The molecule has 2 atom stereocenters. The van der Waals surface area contributed by atoms with Crippen molar-refractivity contribution in [3.8, 4) is 5.75 Å². The molecular formula is C18H17ClN2O6S. The minimum Gasteiger partial charge on any atom is -0.478 e. The van der Waals surface area contributed by atoms with Crippen molar-refractivity contribution >= 4 is 39.2 Å². The molecule has 1 amide bonds. The van der Waals surface area contributed by atoms with Crippen LogP contribution >= 0.6 is 11.6 Å². The zero-order valence-corrected chi connectivity index (χ0v) is 16.3. The Labute approximate surface area is 166 Å². The van der Waals surface area contributed by atoms with E-state index in [4.69, 9.17) is 26.2 Å². The van der Waals surface area contributed by atoms with Gasteiger partial charge in [0.2, 0.25) is 10.0 Å². The third-order valence-corrected chi connectivity index (χ3v) is 5.24. The van der Waals surface area contributed by atoms with Crippen molar-refractivity contribution in [1.29, 1.82) is 0 Å². The number of nitrogens with two attached hydrogens (primary N) is 1. The van der Waals surface area contributed by atoms with Gasteiger partial charge in [-0.15, -0.1) is 0 Å². The van der Waals surface area contributed by atoms with Crippen LogP contribution in [-0.2, 0) is 30.8 Å². The maximum absolute atomic E-state index is 12.3. The summed E-state index contributed by atoms with van der Waals surface area (Å²) in [5, 5.41) is 8.09. The Balaban J connectivity index is 1.56.